The van der Waals surface area contributed by atoms with Crippen LogP contribution in [0.3, 0.4) is 0 Å². The lowest BCUT2D eigenvalue weighted by atomic mass is 10.1. The fourth-order valence-corrected chi connectivity index (χ4v) is 6.25. The highest BCUT2D eigenvalue weighted by atomic mass is 32.2. The Hall–Kier alpha value is -2.66. The summed E-state index contributed by atoms with van der Waals surface area (Å²) in [5.74, 6) is -2.47. The van der Waals surface area contributed by atoms with Crippen LogP contribution in [0, 0.1) is 12.7 Å². The molecule has 0 spiro atoms. The highest BCUT2D eigenvalue weighted by molar-refractivity contribution is 7.89. The largest absolute Gasteiger partial charge is 0.481 e. The van der Waals surface area contributed by atoms with Crippen LogP contribution in [-0.2, 0) is 27.4 Å². The second kappa shape index (κ2) is 8.94. The molecule has 3 rings (SSSR count). The number of alkyl halides is 3. The Bertz CT molecular complexity index is 1160. The zero-order valence-corrected chi connectivity index (χ0v) is 19.0. The molecule has 0 bridgehead atoms. The third kappa shape index (κ3) is 5.30. The maximum absolute atomic E-state index is 14.1. The predicted octanol–water partition coefficient (Wildman–Crippen LogP) is 4.07. The van der Waals surface area contributed by atoms with Gasteiger partial charge < -0.3 is 10.0 Å². The molecule has 2 atom stereocenters. The number of carboxylic acids is 1. The van der Waals surface area contributed by atoms with Gasteiger partial charge >= 0.3 is 12.1 Å². The molecule has 0 unspecified atom stereocenters. The van der Waals surface area contributed by atoms with Crippen LogP contribution in [0.1, 0.15) is 30.5 Å². The van der Waals surface area contributed by atoms with E-state index < -0.39 is 45.6 Å². The zero-order valence-electron chi connectivity index (χ0n) is 18.2. The number of anilines is 1. The monoisotopic (exact) mass is 488 g/mol. The van der Waals surface area contributed by atoms with Gasteiger partial charge in [0.05, 0.1) is 16.9 Å². The van der Waals surface area contributed by atoms with Crippen molar-refractivity contribution in [1.82, 2.24) is 4.31 Å². The molecule has 2 aromatic rings. The number of sulfonamides is 1. The molecule has 1 heterocycles. The molecule has 0 radical (unpaired) electrons. The van der Waals surface area contributed by atoms with Crippen LogP contribution in [0.4, 0.5) is 23.2 Å². The summed E-state index contributed by atoms with van der Waals surface area (Å²) in [4.78, 5) is 12.7. The summed E-state index contributed by atoms with van der Waals surface area (Å²) in [7, 11) is -3.99. The van der Waals surface area contributed by atoms with Crippen LogP contribution >= 0.6 is 0 Å². The molecule has 33 heavy (non-hydrogen) atoms. The number of hydrogen-bond donors (Lipinski definition) is 1. The number of aliphatic carboxylic acids is 1. The molecule has 180 valence electrons. The van der Waals surface area contributed by atoms with E-state index in [-0.39, 0.29) is 30.1 Å². The standard InChI is InChI=1S/C22H24F4N2O4S/c1-13-6-16(9-21(29)30)8-18(7-13)33(31,32)28-14(2)11-27(12-15(28)3)17-4-5-19(20(23)10-17)22(24,25)26/h4-8,10,14-15H,9,11-12H2,1-3H3,(H,29,30)/t14-,15+. The number of hydrogen-bond acceptors (Lipinski definition) is 4. The third-order valence-electron chi connectivity index (χ3n) is 5.50. The molecule has 0 amide bonds. The lowest BCUT2D eigenvalue weighted by Gasteiger charge is -2.44. The summed E-state index contributed by atoms with van der Waals surface area (Å²) in [6, 6.07) is 5.93. The number of nitrogens with zero attached hydrogens (tertiary/aromatic N) is 2. The highest BCUT2D eigenvalue weighted by Gasteiger charge is 2.39. The first-order valence-corrected chi connectivity index (χ1v) is 11.6. The predicted molar refractivity (Wildman–Crippen MR) is 114 cm³/mol. The summed E-state index contributed by atoms with van der Waals surface area (Å²) < 4.78 is 80.8. The van der Waals surface area contributed by atoms with Crippen LogP contribution < -0.4 is 4.90 Å². The summed E-state index contributed by atoms with van der Waals surface area (Å²) in [5, 5.41) is 9.05. The van der Waals surface area contributed by atoms with Gasteiger partial charge in [0.15, 0.2) is 0 Å². The summed E-state index contributed by atoms with van der Waals surface area (Å²) >= 11 is 0. The highest BCUT2D eigenvalue weighted by Crippen LogP contribution is 2.34. The maximum atomic E-state index is 14.1. The van der Waals surface area contributed by atoms with Crippen molar-refractivity contribution in [2.24, 2.45) is 0 Å². The van der Waals surface area contributed by atoms with Gasteiger partial charge in [0.2, 0.25) is 10.0 Å². The third-order valence-corrected chi connectivity index (χ3v) is 7.61. The number of aryl methyl sites for hydroxylation is 1. The Morgan fingerprint density at radius 3 is 2.21 bits per heavy atom. The molecular formula is C22H24F4N2O4S. The van der Waals surface area contributed by atoms with Crippen molar-refractivity contribution in [3.63, 3.8) is 0 Å². The Morgan fingerprint density at radius 2 is 1.70 bits per heavy atom. The van der Waals surface area contributed by atoms with E-state index in [9.17, 15) is 30.8 Å². The van der Waals surface area contributed by atoms with Crippen molar-refractivity contribution >= 4 is 21.7 Å². The number of rotatable bonds is 5. The first-order chi connectivity index (χ1) is 15.2. The van der Waals surface area contributed by atoms with Crippen molar-refractivity contribution in [2.75, 3.05) is 18.0 Å². The molecule has 1 fully saturated rings. The van der Waals surface area contributed by atoms with Gasteiger partial charge in [-0.1, -0.05) is 6.07 Å². The van der Waals surface area contributed by atoms with Gasteiger partial charge in [-0.05, 0) is 62.2 Å². The first kappa shape index (κ1) is 25.0. The molecule has 11 heteroatoms. The lowest BCUT2D eigenvalue weighted by Crippen LogP contribution is -2.58. The second-order valence-electron chi connectivity index (χ2n) is 8.32. The quantitative estimate of drug-likeness (QED) is 0.643. The Balaban J connectivity index is 1.88. The van der Waals surface area contributed by atoms with Gasteiger partial charge in [0, 0.05) is 30.9 Å². The number of halogens is 4. The van der Waals surface area contributed by atoms with Crippen molar-refractivity contribution < 1.29 is 35.9 Å². The Kier molecular flexibility index (Phi) is 6.77. The summed E-state index contributed by atoms with van der Waals surface area (Å²) in [6.07, 6.45) is -5.12. The van der Waals surface area contributed by atoms with Crippen LogP contribution in [-0.4, -0.2) is 49.0 Å². The maximum Gasteiger partial charge on any atom is 0.419 e. The van der Waals surface area contributed by atoms with Gasteiger partial charge in [-0.15, -0.1) is 0 Å². The van der Waals surface area contributed by atoms with E-state index in [0.29, 0.717) is 17.2 Å². The van der Waals surface area contributed by atoms with Gasteiger partial charge in [-0.2, -0.15) is 17.5 Å². The minimum Gasteiger partial charge on any atom is -0.481 e. The zero-order chi connectivity index (χ0) is 24.7. The van der Waals surface area contributed by atoms with Crippen molar-refractivity contribution in [3.8, 4) is 0 Å². The van der Waals surface area contributed by atoms with Crippen LogP contribution in [0.2, 0.25) is 0 Å². The number of carboxylic acid groups (broad SMARTS) is 1. The molecule has 1 aliphatic rings. The molecule has 1 aliphatic heterocycles. The molecule has 0 aromatic heterocycles. The van der Waals surface area contributed by atoms with Gasteiger partial charge in [0.1, 0.15) is 5.82 Å². The Labute approximate surface area is 189 Å². The van der Waals surface area contributed by atoms with Gasteiger partial charge in [-0.25, -0.2) is 12.8 Å². The van der Waals surface area contributed by atoms with E-state index in [2.05, 4.69) is 0 Å². The van der Waals surface area contributed by atoms with Crippen molar-refractivity contribution in [1.29, 1.82) is 0 Å². The van der Waals surface area contributed by atoms with Crippen LogP contribution in [0.15, 0.2) is 41.3 Å². The van der Waals surface area contributed by atoms with E-state index in [1.165, 1.54) is 22.5 Å². The van der Waals surface area contributed by atoms with E-state index in [4.69, 9.17) is 5.11 Å². The Morgan fingerprint density at radius 1 is 1.09 bits per heavy atom. The van der Waals surface area contributed by atoms with Crippen LogP contribution in [0.25, 0.3) is 0 Å². The SMILES string of the molecule is Cc1cc(CC(=O)O)cc(S(=O)(=O)N2[C@H](C)CN(c3ccc(C(F)(F)F)c(F)c3)C[C@@H]2C)c1. The van der Waals surface area contributed by atoms with E-state index in [1.54, 1.807) is 31.7 Å². The molecule has 1 N–H and O–H groups in total. The smallest absolute Gasteiger partial charge is 0.419 e. The first-order valence-electron chi connectivity index (χ1n) is 10.2. The average molecular weight is 489 g/mol. The fourth-order valence-electron chi connectivity index (χ4n) is 4.29. The van der Waals surface area contributed by atoms with Gasteiger partial charge in [0.25, 0.3) is 0 Å². The average Bonchev–Trinajstić information content (AvgIpc) is 2.65. The van der Waals surface area contributed by atoms with Crippen molar-refractivity contribution in [2.45, 2.75) is 50.3 Å². The van der Waals surface area contributed by atoms with E-state index in [1.807, 2.05) is 0 Å². The minimum atomic E-state index is -4.80. The molecule has 1 saturated heterocycles. The molecule has 6 nitrogen and oxygen atoms in total. The minimum absolute atomic E-state index is 0.0218. The number of piperazine rings is 1. The van der Waals surface area contributed by atoms with E-state index >= 15 is 0 Å². The summed E-state index contributed by atoms with van der Waals surface area (Å²) in [6.45, 7) is 5.28. The normalized spacial score (nSPS) is 20.2. The van der Waals surface area contributed by atoms with Crippen molar-refractivity contribution in [3.05, 3.63) is 58.9 Å². The van der Waals surface area contributed by atoms with Crippen LogP contribution in [0.5, 0.6) is 0 Å². The summed E-state index contributed by atoms with van der Waals surface area (Å²) in [5.41, 5.74) is -0.160. The number of benzene rings is 2. The fraction of sp³-hybridized carbons (Fsp3) is 0.409. The molecule has 0 aliphatic carbocycles. The topological polar surface area (TPSA) is 77.9 Å². The molecule has 2 aromatic carbocycles. The molecule has 0 saturated carbocycles. The van der Waals surface area contributed by atoms with E-state index in [0.717, 1.165) is 6.07 Å². The second-order valence-corrected chi connectivity index (χ2v) is 10.2. The lowest BCUT2D eigenvalue weighted by molar-refractivity contribution is -0.140. The van der Waals surface area contributed by atoms with Gasteiger partial charge in [-0.3, -0.25) is 4.79 Å². The molecular weight excluding hydrogens is 464 g/mol. The number of carbonyl (C=O) groups is 1.